The summed E-state index contributed by atoms with van der Waals surface area (Å²) in [5.41, 5.74) is 5.18. The number of imidazole rings is 1. The third kappa shape index (κ3) is 5.05. The number of nitrogens with zero attached hydrogens (tertiary/aromatic N) is 2. The Morgan fingerprint density at radius 3 is 2.48 bits per heavy atom. The van der Waals surface area contributed by atoms with E-state index in [2.05, 4.69) is 16.0 Å². The summed E-state index contributed by atoms with van der Waals surface area (Å²) in [7, 11) is -1.05. The minimum Gasteiger partial charge on any atom is -0.497 e. The molecule has 1 N–H and O–H groups in total. The topological polar surface area (TPSA) is 111 Å². The lowest BCUT2D eigenvalue weighted by Crippen LogP contribution is -2.32. The van der Waals surface area contributed by atoms with Crippen molar-refractivity contribution in [2.75, 3.05) is 27.4 Å². The van der Waals surface area contributed by atoms with Gasteiger partial charge >= 0.3 is 0 Å². The van der Waals surface area contributed by atoms with Gasteiger partial charge in [0.25, 0.3) is 5.91 Å². The molecule has 42 heavy (non-hydrogen) atoms. The predicted octanol–water partition coefficient (Wildman–Crippen LogP) is 5.67. The van der Waals surface area contributed by atoms with E-state index in [-0.39, 0.29) is 22.9 Å². The van der Waals surface area contributed by atoms with Gasteiger partial charge in [-0.05, 0) is 78.7 Å². The van der Waals surface area contributed by atoms with Crippen molar-refractivity contribution in [2.45, 2.75) is 23.3 Å². The summed E-state index contributed by atoms with van der Waals surface area (Å²) in [5, 5.41) is 0. The molecule has 9 nitrogen and oxygen atoms in total. The van der Waals surface area contributed by atoms with Crippen molar-refractivity contribution in [2.24, 2.45) is 0 Å². The average Bonchev–Trinajstić information content (AvgIpc) is 3.25. The molecular formula is C32H31N3O6S. The summed E-state index contributed by atoms with van der Waals surface area (Å²) in [6.45, 7) is 3.02. The number of ether oxygens (including phenoxy) is 3. The summed E-state index contributed by atoms with van der Waals surface area (Å²) < 4.78 is 43.3. The Bertz CT molecular complexity index is 1920. The van der Waals surface area contributed by atoms with E-state index >= 15 is 0 Å². The van der Waals surface area contributed by atoms with Crippen molar-refractivity contribution in [1.29, 1.82) is 0 Å². The van der Waals surface area contributed by atoms with Crippen molar-refractivity contribution >= 4 is 26.8 Å². The molecule has 0 saturated carbocycles. The zero-order chi connectivity index (χ0) is 29.4. The molecular weight excluding hydrogens is 554 g/mol. The molecule has 216 valence electrons. The summed E-state index contributed by atoms with van der Waals surface area (Å²) in [6.07, 6.45) is 0. The first-order chi connectivity index (χ1) is 20.3. The van der Waals surface area contributed by atoms with E-state index in [1.807, 2.05) is 37.3 Å². The molecule has 0 radical (unpaired) electrons. The fraction of sp³-hybridized carbons (Fsp3) is 0.188. The number of H-pyrrole nitrogens is 1. The summed E-state index contributed by atoms with van der Waals surface area (Å²) in [4.78, 5) is 23.1. The lowest BCUT2D eigenvalue weighted by Gasteiger charge is -2.20. The highest BCUT2D eigenvalue weighted by molar-refractivity contribution is 7.91. The van der Waals surface area contributed by atoms with Crippen LogP contribution in [0.5, 0.6) is 17.2 Å². The van der Waals surface area contributed by atoms with Crippen molar-refractivity contribution in [3.05, 3.63) is 95.8 Å². The first-order valence-electron chi connectivity index (χ1n) is 13.4. The number of fused-ring (bicyclic) bond motifs is 2. The first-order valence-corrected chi connectivity index (χ1v) is 14.8. The number of carbonyl (C=O) groups is 1. The quantitative estimate of drug-likeness (QED) is 0.273. The van der Waals surface area contributed by atoms with Gasteiger partial charge in [0.2, 0.25) is 9.84 Å². The normalized spacial score (nSPS) is 13.3. The lowest BCUT2D eigenvalue weighted by molar-refractivity contribution is 0.0733. The summed E-state index contributed by atoms with van der Waals surface area (Å²) >= 11 is 0. The van der Waals surface area contributed by atoms with Crippen LogP contribution in [0.2, 0.25) is 0 Å². The molecule has 0 bridgehead atoms. The van der Waals surface area contributed by atoms with Gasteiger partial charge in [-0.1, -0.05) is 12.1 Å². The Hall–Kier alpha value is -4.83. The van der Waals surface area contributed by atoms with Gasteiger partial charge in [0, 0.05) is 25.2 Å². The van der Waals surface area contributed by atoms with E-state index < -0.39 is 9.84 Å². The third-order valence-electron chi connectivity index (χ3n) is 7.33. The Morgan fingerprint density at radius 2 is 1.71 bits per heavy atom. The highest BCUT2D eigenvalue weighted by atomic mass is 32.2. The summed E-state index contributed by atoms with van der Waals surface area (Å²) in [6, 6.07) is 22.6. The fourth-order valence-corrected chi connectivity index (χ4v) is 6.58. The van der Waals surface area contributed by atoms with E-state index in [4.69, 9.17) is 14.2 Å². The summed E-state index contributed by atoms with van der Waals surface area (Å²) in [5.74, 6) is 1.98. The number of amides is 1. The van der Waals surface area contributed by atoms with Crippen LogP contribution in [0.3, 0.4) is 0 Å². The first kappa shape index (κ1) is 27.3. The lowest BCUT2D eigenvalue weighted by atomic mass is 10.0. The highest BCUT2D eigenvalue weighted by Crippen LogP contribution is 2.34. The van der Waals surface area contributed by atoms with Crippen LogP contribution in [-0.2, 0) is 16.4 Å². The third-order valence-corrected chi connectivity index (χ3v) is 9.12. The van der Waals surface area contributed by atoms with E-state index in [9.17, 15) is 13.2 Å². The zero-order valence-corrected chi connectivity index (χ0v) is 24.2. The van der Waals surface area contributed by atoms with E-state index in [0.717, 1.165) is 39.3 Å². The second kappa shape index (κ2) is 10.9. The SMILES string of the molecule is COc1ccc(OC)c(S(=O)(=O)c2ccc(C(=O)N3CCOc4ccc(-c5ccc6nc(C)[nH]c6c5)cc4C3)cc2)c1.[HH]. The molecule has 0 spiro atoms. The van der Waals surface area contributed by atoms with Gasteiger partial charge in [0.05, 0.1) is 36.7 Å². The number of carbonyl (C=O) groups excluding carboxylic acids is 1. The van der Waals surface area contributed by atoms with E-state index in [1.165, 1.54) is 44.6 Å². The Morgan fingerprint density at radius 1 is 0.952 bits per heavy atom. The molecule has 0 aliphatic carbocycles. The second-order valence-corrected chi connectivity index (χ2v) is 11.9. The molecule has 5 aromatic rings. The molecule has 0 unspecified atom stereocenters. The minimum absolute atomic E-state index is 0. The number of benzene rings is 4. The molecule has 0 saturated heterocycles. The van der Waals surface area contributed by atoms with Crippen molar-refractivity contribution in [3.63, 3.8) is 0 Å². The van der Waals surface area contributed by atoms with Crippen LogP contribution in [0.4, 0.5) is 0 Å². The standard InChI is InChI=1S/C32H29N3O6S.H2/c1-20-33-27-11-6-23(17-28(27)34-20)22-7-12-29-24(16-22)19-35(14-15-41-29)32(36)21-4-9-26(10-5-21)42(37,38)31-18-25(39-2)8-13-30(31)40-3;/h4-13,16-18H,14-15,19H2,1-3H3,(H,33,34);1H. The predicted molar refractivity (Wildman–Crippen MR) is 160 cm³/mol. The molecule has 0 fully saturated rings. The maximum Gasteiger partial charge on any atom is 0.254 e. The number of aromatic amines is 1. The number of sulfone groups is 1. The van der Waals surface area contributed by atoms with Crippen molar-refractivity contribution in [3.8, 4) is 28.4 Å². The van der Waals surface area contributed by atoms with Crippen molar-refractivity contribution < 1.29 is 28.8 Å². The maximum atomic E-state index is 13.6. The molecule has 0 atom stereocenters. The number of rotatable bonds is 6. The number of nitrogens with one attached hydrogen (secondary N) is 1. The maximum absolute atomic E-state index is 13.6. The van der Waals surface area contributed by atoms with Gasteiger partial charge in [-0.3, -0.25) is 4.79 Å². The molecule has 6 rings (SSSR count). The smallest absolute Gasteiger partial charge is 0.254 e. The number of hydrogen-bond acceptors (Lipinski definition) is 7. The Kier molecular flexibility index (Phi) is 7.07. The van der Waals surface area contributed by atoms with Gasteiger partial charge in [-0.2, -0.15) is 0 Å². The van der Waals surface area contributed by atoms with Crippen LogP contribution in [-0.4, -0.2) is 56.6 Å². The molecule has 10 heteroatoms. The molecule has 1 aromatic heterocycles. The largest absolute Gasteiger partial charge is 0.497 e. The van der Waals surface area contributed by atoms with Crippen LogP contribution in [0.15, 0.2) is 88.7 Å². The van der Waals surface area contributed by atoms with Gasteiger partial charge in [-0.25, -0.2) is 13.4 Å². The molecule has 2 heterocycles. The molecule has 1 amide bonds. The van der Waals surface area contributed by atoms with Gasteiger partial charge in [0.15, 0.2) is 0 Å². The van der Waals surface area contributed by atoms with Gasteiger partial charge in [0.1, 0.15) is 34.6 Å². The number of aryl methyl sites for hydroxylation is 1. The Labute approximate surface area is 245 Å². The van der Waals surface area contributed by atoms with Crippen LogP contribution < -0.4 is 14.2 Å². The van der Waals surface area contributed by atoms with E-state index in [0.29, 0.717) is 31.0 Å². The zero-order valence-electron chi connectivity index (χ0n) is 23.4. The van der Waals surface area contributed by atoms with Crippen LogP contribution in [0, 0.1) is 6.92 Å². The number of methoxy groups -OCH3 is 2. The highest BCUT2D eigenvalue weighted by Gasteiger charge is 2.25. The van der Waals surface area contributed by atoms with Crippen LogP contribution >= 0.6 is 0 Å². The van der Waals surface area contributed by atoms with Crippen LogP contribution in [0.25, 0.3) is 22.2 Å². The van der Waals surface area contributed by atoms with E-state index in [1.54, 1.807) is 17.0 Å². The van der Waals surface area contributed by atoms with Gasteiger partial charge in [-0.15, -0.1) is 0 Å². The Balaban J connectivity index is 0.00000368. The average molecular weight is 586 g/mol. The van der Waals surface area contributed by atoms with Crippen molar-refractivity contribution in [1.82, 2.24) is 14.9 Å². The molecule has 1 aliphatic heterocycles. The second-order valence-electron chi connectivity index (χ2n) is 10.00. The van der Waals surface area contributed by atoms with Crippen LogP contribution in [0.1, 0.15) is 23.2 Å². The fourth-order valence-electron chi connectivity index (χ4n) is 5.14. The molecule has 1 aliphatic rings. The number of aromatic nitrogens is 2. The molecule has 4 aromatic carbocycles. The minimum atomic E-state index is -3.93. The monoisotopic (exact) mass is 585 g/mol. The van der Waals surface area contributed by atoms with Gasteiger partial charge < -0.3 is 24.1 Å². The number of hydrogen-bond donors (Lipinski definition) is 1.